The molecule has 0 saturated heterocycles. The van der Waals surface area contributed by atoms with E-state index >= 15 is 0 Å². The van der Waals surface area contributed by atoms with Gasteiger partial charge in [0.15, 0.2) is 0 Å². The summed E-state index contributed by atoms with van der Waals surface area (Å²) in [7, 11) is 0. The second-order valence-electron chi connectivity index (χ2n) is 4.24. The molecule has 0 spiro atoms. The number of benzene rings is 1. The predicted molar refractivity (Wildman–Crippen MR) is 82.7 cm³/mol. The number of aromatic nitrogens is 2. The summed E-state index contributed by atoms with van der Waals surface area (Å²) in [6.45, 7) is 3.95. The molecule has 0 aliphatic heterocycles. The minimum Gasteiger partial charge on any atom is -0.473 e. The molecule has 0 radical (unpaired) electrons. The molecule has 0 saturated carbocycles. The first kappa shape index (κ1) is 14.3. The lowest BCUT2D eigenvalue weighted by Gasteiger charge is -2.12. The van der Waals surface area contributed by atoms with Gasteiger partial charge in [0, 0.05) is 10.5 Å². The molecule has 0 amide bonds. The van der Waals surface area contributed by atoms with Gasteiger partial charge in [0.2, 0.25) is 5.88 Å². The molecule has 100 valence electrons. The molecule has 0 aliphatic rings. The number of halogens is 1. The average molecular weight is 339 g/mol. The fourth-order valence-corrected chi connectivity index (χ4v) is 2.29. The van der Waals surface area contributed by atoms with Crippen LogP contribution in [0.5, 0.6) is 5.88 Å². The van der Waals surface area contributed by atoms with Crippen molar-refractivity contribution < 1.29 is 4.74 Å². The summed E-state index contributed by atoms with van der Waals surface area (Å²) in [6, 6.07) is 8.22. The molecule has 0 N–H and O–H groups in total. The third kappa shape index (κ3) is 3.70. The first-order valence-electron chi connectivity index (χ1n) is 5.93. The molecule has 1 heterocycles. The molecule has 1 aromatic carbocycles. The third-order valence-corrected chi connectivity index (χ3v) is 3.55. The number of hydrogen-bond acceptors (Lipinski definition) is 4. The fraction of sp³-hybridized carbons (Fsp3) is 0.286. The van der Waals surface area contributed by atoms with Crippen molar-refractivity contribution in [2.24, 2.45) is 0 Å². The summed E-state index contributed by atoms with van der Waals surface area (Å²) in [6.07, 6.45) is 3.78. The molecule has 0 bridgehead atoms. The summed E-state index contributed by atoms with van der Waals surface area (Å²) >= 11 is 5.07. The van der Waals surface area contributed by atoms with E-state index < -0.39 is 0 Å². The van der Waals surface area contributed by atoms with Crippen LogP contribution in [-0.2, 0) is 0 Å². The fourth-order valence-electron chi connectivity index (χ4n) is 1.60. The Morgan fingerprint density at radius 2 is 1.89 bits per heavy atom. The summed E-state index contributed by atoms with van der Waals surface area (Å²) in [4.78, 5) is 10.00. The smallest absolute Gasteiger partial charge is 0.240 e. The van der Waals surface area contributed by atoms with E-state index in [1.165, 1.54) is 4.90 Å². The van der Waals surface area contributed by atoms with Gasteiger partial charge in [-0.05, 0) is 48.2 Å². The highest BCUT2D eigenvalue weighted by Gasteiger charge is 2.12. The molecule has 2 aromatic rings. The van der Waals surface area contributed by atoms with Gasteiger partial charge in [-0.3, -0.25) is 0 Å². The van der Waals surface area contributed by atoms with Crippen LogP contribution in [-0.4, -0.2) is 22.3 Å². The number of thioether (sulfide) groups is 1. The van der Waals surface area contributed by atoms with Gasteiger partial charge in [0.25, 0.3) is 0 Å². The first-order chi connectivity index (χ1) is 9.10. The standard InChI is InChI=1S/C14H15BrN2OS/c1-9(2)18-14-13(17-12(15)8-16-14)10-4-6-11(19-3)7-5-10/h4-9H,1-3H3. The molecule has 0 aliphatic carbocycles. The second kappa shape index (κ2) is 6.39. The number of hydrogen-bond donors (Lipinski definition) is 0. The van der Waals surface area contributed by atoms with E-state index in [-0.39, 0.29) is 6.10 Å². The predicted octanol–water partition coefficient (Wildman–Crippen LogP) is 4.42. The molecular weight excluding hydrogens is 324 g/mol. The summed E-state index contributed by atoms with van der Waals surface area (Å²) in [5.41, 5.74) is 1.76. The van der Waals surface area contributed by atoms with Gasteiger partial charge in [0.05, 0.1) is 12.3 Å². The van der Waals surface area contributed by atoms with Crippen LogP contribution in [0.25, 0.3) is 11.3 Å². The van der Waals surface area contributed by atoms with Crippen molar-refractivity contribution in [3.05, 3.63) is 35.1 Å². The zero-order valence-corrected chi connectivity index (χ0v) is 13.5. The van der Waals surface area contributed by atoms with Gasteiger partial charge in [-0.1, -0.05) is 12.1 Å². The molecule has 0 fully saturated rings. The Labute approximate surface area is 125 Å². The number of nitrogens with zero attached hydrogens (tertiary/aromatic N) is 2. The van der Waals surface area contributed by atoms with Crippen molar-refractivity contribution >= 4 is 27.7 Å². The van der Waals surface area contributed by atoms with Crippen molar-refractivity contribution in [3.63, 3.8) is 0 Å². The van der Waals surface area contributed by atoms with Crippen molar-refractivity contribution in [1.29, 1.82) is 0 Å². The van der Waals surface area contributed by atoms with E-state index in [1.54, 1.807) is 18.0 Å². The zero-order chi connectivity index (χ0) is 13.8. The van der Waals surface area contributed by atoms with E-state index in [9.17, 15) is 0 Å². The van der Waals surface area contributed by atoms with E-state index in [0.717, 1.165) is 11.3 Å². The van der Waals surface area contributed by atoms with Crippen LogP contribution in [0.15, 0.2) is 40.0 Å². The highest BCUT2D eigenvalue weighted by atomic mass is 79.9. The summed E-state index contributed by atoms with van der Waals surface area (Å²) < 4.78 is 6.41. The summed E-state index contributed by atoms with van der Waals surface area (Å²) in [5.74, 6) is 0.565. The van der Waals surface area contributed by atoms with E-state index in [1.807, 2.05) is 26.0 Å². The highest BCUT2D eigenvalue weighted by Crippen LogP contribution is 2.29. The topological polar surface area (TPSA) is 35.0 Å². The van der Waals surface area contributed by atoms with Crippen LogP contribution in [0.2, 0.25) is 0 Å². The molecular formula is C14H15BrN2OS. The van der Waals surface area contributed by atoms with Crippen molar-refractivity contribution in [3.8, 4) is 17.1 Å². The van der Waals surface area contributed by atoms with Gasteiger partial charge in [-0.2, -0.15) is 0 Å². The Morgan fingerprint density at radius 3 is 2.47 bits per heavy atom. The van der Waals surface area contributed by atoms with Crippen LogP contribution in [0.3, 0.4) is 0 Å². The Bertz CT molecular complexity index is 558. The monoisotopic (exact) mass is 338 g/mol. The average Bonchev–Trinajstić information content (AvgIpc) is 2.40. The van der Waals surface area contributed by atoms with Gasteiger partial charge < -0.3 is 4.74 Å². The SMILES string of the molecule is CSc1ccc(-c2nc(Br)cnc2OC(C)C)cc1. The van der Waals surface area contributed by atoms with E-state index in [0.29, 0.717) is 10.5 Å². The quantitative estimate of drug-likeness (QED) is 0.773. The maximum atomic E-state index is 5.71. The van der Waals surface area contributed by atoms with Crippen LogP contribution in [0.4, 0.5) is 0 Å². The second-order valence-corrected chi connectivity index (χ2v) is 5.93. The Morgan fingerprint density at radius 1 is 1.21 bits per heavy atom. The van der Waals surface area contributed by atoms with Crippen LogP contribution in [0, 0.1) is 0 Å². The van der Waals surface area contributed by atoms with E-state index in [4.69, 9.17) is 4.74 Å². The number of ether oxygens (including phenoxy) is 1. The van der Waals surface area contributed by atoms with Crippen molar-refractivity contribution in [1.82, 2.24) is 9.97 Å². The van der Waals surface area contributed by atoms with Crippen LogP contribution in [0.1, 0.15) is 13.8 Å². The lowest BCUT2D eigenvalue weighted by molar-refractivity contribution is 0.233. The summed E-state index contributed by atoms with van der Waals surface area (Å²) in [5, 5.41) is 0. The molecule has 2 rings (SSSR count). The maximum Gasteiger partial charge on any atom is 0.240 e. The first-order valence-corrected chi connectivity index (χ1v) is 7.95. The van der Waals surface area contributed by atoms with Gasteiger partial charge in [0.1, 0.15) is 10.3 Å². The number of rotatable bonds is 4. The Hall–Kier alpha value is -1.07. The van der Waals surface area contributed by atoms with Crippen LogP contribution < -0.4 is 4.74 Å². The normalized spacial score (nSPS) is 10.8. The molecule has 1 aromatic heterocycles. The van der Waals surface area contributed by atoms with Gasteiger partial charge in [-0.25, -0.2) is 9.97 Å². The third-order valence-electron chi connectivity index (χ3n) is 2.42. The minimum atomic E-state index is 0.0692. The lowest BCUT2D eigenvalue weighted by Crippen LogP contribution is -2.08. The van der Waals surface area contributed by atoms with Gasteiger partial charge >= 0.3 is 0 Å². The van der Waals surface area contributed by atoms with Crippen molar-refractivity contribution in [2.45, 2.75) is 24.8 Å². The molecule has 3 nitrogen and oxygen atoms in total. The van der Waals surface area contributed by atoms with Crippen LogP contribution >= 0.6 is 27.7 Å². The molecule has 0 atom stereocenters. The molecule has 5 heteroatoms. The Kier molecular flexibility index (Phi) is 4.82. The lowest BCUT2D eigenvalue weighted by atomic mass is 10.1. The molecule has 19 heavy (non-hydrogen) atoms. The minimum absolute atomic E-state index is 0.0692. The largest absolute Gasteiger partial charge is 0.473 e. The maximum absolute atomic E-state index is 5.71. The van der Waals surface area contributed by atoms with Gasteiger partial charge in [-0.15, -0.1) is 11.8 Å². The Balaban J connectivity index is 2.43. The van der Waals surface area contributed by atoms with Crippen molar-refractivity contribution in [2.75, 3.05) is 6.26 Å². The highest BCUT2D eigenvalue weighted by molar-refractivity contribution is 9.10. The zero-order valence-electron chi connectivity index (χ0n) is 11.1. The van der Waals surface area contributed by atoms with E-state index in [2.05, 4.69) is 44.3 Å². The molecule has 0 unspecified atom stereocenters.